The summed E-state index contributed by atoms with van der Waals surface area (Å²) >= 11 is 0. The molecule has 4 rings (SSSR count). The van der Waals surface area contributed by atoms with Gasteiger partial charge in [0.15, 0.2) is 0 Å². The van der Waals surface area contributed by atoms with Crippen molar-refractivity contribution in [1.82, 2.24) is 14.5 Å². The fraction of sp³-hybridized carbons (Fsp3) is 0.545. The van der Waals surface area contributed by atoms with Crippen molar-refractivity contribution in [1.29, 1.82) is 0 Å². The van der Waals surface area contributed by atoms with Gasteiger partial charge in [-0.1, -0.05) is 38.3 Å². The third-order valence-corrected chi connectivity index (χ3v) is 6.16. The van der Waals surface area contributed by atoms with E-state index in [9.17, 15) is 4.79 Å². The van der Waals surface area contributed by atoms with Crippen molar-refractivity contribution < 1.29 is 4.74 Å². The second kappa shape index (κ2) is 7.95. The number of hydrogen-bond acceptors (Lipinski definition) is 5. The molecule has 1 saturated carbocycles. The van der Waals surface area contributed by atoms with Gasteiger partial charge in [0, 0.05) is 17.3 Å². The summed E-state index contributed by atoms with van der Waals surface area (Å²) in [6.45, 7) is 5.31. The van der Waals surface area contributed by atoms with Gasteiger partial charge in [-0.15, -0.1) is 0 Å². The Morgan fingerprint density at radius 2 is 1.89 bits per heavy atom. The van der Waals surface area contributed by atoms with Crippen LogP contribution >= 0.6 is 0 Å². The lowest BCUT2D eigenvalue weighted by Gasteiger charge is -2.43. The van der Waals surface area contributed by atoms with Crippen LogP contribution in [0.3, 0.4) is 0 Å². The number of ether oxygens (including phenoxy) is 1. The zero-order valence-corrected chi connectivity index (χ0v) is 17.1. The molecule has 0 spiro atoms. The Morgan fingerprint density at radius 1 is 1.14 bits per heavy atom. The highest BCUT2D eigenvalue weighted by Crippen LogP contribution is 2.36. The molecule has 0 N–H and O–H groups in total. The Bertz CT molecular complexity index is 902. The molecular weight excluding hydrogens is 352 g/mol. The summed E-state index contributed by atoms with van der Waals surface area (Å²) in [5.74, 6) is 1.52. The van der Waals surface area contributed by atoms with Crippen molar-refractivity contribution in [3.05, 3.63) is 45.9 Å². The zero-order valence-electron chi connectivity index (χ0n) is 17.1. The minimum Gasteiger partial charge on any atom is -0.495 e. The van der Waals surface area contributed by atoms with E-state index in [4.69, 9.17) is 9.72 Å². The first kappa shape index (κ1) is 19.0. The highest BCUT2D eigenvalue weighted by molar-refractivity contribution is 5.66. The number of para-hydroxylation sites is 2. The van der Waals surface area contributed by atoms with Gasteiger partial charge in [-0.2, -0.15) is 0 Å². The van der Waals surface area contributed by atoms with E-state index < -0.39 is 0 Å². The van der Waals surface area contributed by atoms with E-state index >= 15 is 0 Å². The summed E-state index contributed by atoms with van der Waals surface area (Å²) < 4.78 is 7.48. The van der Waals surface area contributed by atoms with Crippen LogP contribution in [0.4, 0.5) is 11.6 Å². The van der Waals surface area contributed by atoms with Crippen molar-refractivity contribution in [3.8, 4) is 5.75 Å². The molecule has 0 saturated heterocycles. The van der Waals surface area contributed by atoms with Crippen LogP contribution in [-0.4, -0.2) is 34.3 Å². The van der Waals surface area contributed by atoms with Crippen molar-refractivity contribution in [2.45, 2.75) is 65.1 Å². The molecule has 6 heteroatoms. The minimum absolute atomic E-state index is 0.0883. The molecule has 0 radical (unpaired) electrons. The van der Waals surface area contributed by atoms with Crippen LogP contribution in [0.2, 0.25) is 0 Å². The van der Waals surface area contributed by atoms with E-state index in [0.29, 0.717) is 19.1 Å². The maximum Gasteiger partial charge on any atom is 0.259 e. The normalized spacial score (nSPS) is 18.2. The second-order valence-electron chi connectivity index (χ2n) is 7.83. The van der Waals surface area contributed by atoms with Gasteiger partial charge >= 0.3 is 0 Å². The van der Waals surface area contributed by atoms with E-state index in [1.807, 2.05) is 42.7 Å². The number of methoxy groups -OCH3 is 1. The fourth-order valence-corrected chi connectivity index (χ4v) is 4.61. The molecule has 1 fully saturated rings. The first-order valence-corrected chi connectivity index (χ1v) is 10.4. The third kappa shape index (κ3) is 3.30. The molecule has 1 aliphatic carbocycles. The number of rotatable bonds is 4. The summed E-state index contributed by atoms with van der Waals surface area (Å²) in [6, 6.07) is 8.50. The molecule has 0 unspecified atom stereocenters. The number of nitrogens with zero attached hydrogens (tertiary/aromatic N) is 4. The predicted octanol–water partition coefficient (Wildman–Crippen LogP) is 3.82. The van der Waals surface area contributed by atoms with Crippen molar-refractivity contribution >= 4 is 11.6 Å². The lowest BCUT2D eigenvalue weighted by molar-refractivity contribution is 0.107. The molecule has 0 bridgehead atoms. The van der Waals surface area contributed by atoms with Gasteiger partial charge in [0.1, 0.15) is 5.75 Å². The Kier molecular flexibility index (Phi) is 5.40. The lowest BCUT2D eigenvalue weighted by atomic mass is 9.94. The summed E-state index contributed by atoms with van der Waals surface area (Å²) in [5.41, 5.74) is 2.68. The molecule has 1 aliphatic heterocycles. The van der Waals surface area contributed by atoms with Gasteiger partial charge in [0.05, 0.1) is 26.1 Å². The highest BCUT2D eigenvalue weighted by Gasteiger charge is 2.32. The fourth-order valence-electron chi connectivity index (χ4n) is 4.61. The summed E-state index contributed by atoms with van der Waals surface area (Å²) in [7, 11) is 1.69. The summed E-state index contributed by atoms with van der Waals surface area (Å²) in [4.78, 5) is 22.7. The molecule has 6 nitrogen and oxygen atoms in total. The number of fused-ring (bicyclic) bond motifs is 1. The van der Waals surface area contributed by atoms with Gasteiger partial charge in [-0.25, -0.2) is 4.98 Å². The summed E-state index contributed by atoms with van der Waals surface area (Å²) in [6.07, 6.45) is 6.95. The average molecular weight is 383 g/mol. The maximum absolute atomic E-state index is 13.3. The topological polar surface area (TPSA) is 50.6 Å². The number of benzene rings is 1. The van der Waals surface area contributed by atoms with Crippen molar-refractivity contribution in [3.63, 3.8) is 0 Å². The Labute approximate surface area is 166 Å². The number of anilines is 2. The van der Waals surface area contributed by atoms with E-state index in [2.05, 4.69) is 9.80 Å². The van der Waals surface area contributed by atoms with Crippen LogP contribution in [0, 0.1) is 6.92 Å². The van der Waals surface area contributed by atoms with Crippen molar-refractivity contribution in [2.24, 2.45) is 0 Å². The maximum atomic E-state index is 13.3. The van der Waals surface area contributed by atoms with E-state index in [-0.39, 0.29) is 5.56 Å². The van der Waals surface area contributed by atoms with Crippen molar-refractivity contribution in [2.75, 3.05) is 18.7 Å². The first-order valence-electron chi connectivity index (χ1n) is 10.4. The highest BCUT2D eigenvalue weighted by atomic mass is 16.5. The number of aryl methyl sites for hydroxylation is 1. The molecule has 0 atom stereocenters. The molecule has 1 aromatic carbocycles. The van der Waals surface area contributed by atoms with Gasteiger partial charge in [0.2, 0.25) is 5.95 Å². The second-order valence-corrected chi connectivity index (χ2v) is 7.83. The minimum atomic E-state index is 0.0883. The van der Waals surface area contributed by atoms with E-state index in [1.54, 1.807) is 7.11 Å². The molecule has 2 aliphatic rings. The van der Waals surface area contributed by atoms with E-state index in [1.165, 1.54) is 32.1 Å². The molecule has 28 heavy (non-hydrogen) atoms. The van der Waals surface area contributed by atoms with Gasteiger partial charge in [0.25, 0.3) is 5.56 Å². The molecular formula is C22H30N4O2. The van der Waals surface area contributed by atoms with Gasteiger partial charge in [-0.05, 0) is 38.3 Å². The largest absolute Gasteiger partial charge is 0.495 e. The number of aromatic nitrogens is 2. The Morgan fingerprint density at radius 3 is 2.61 bits per heavy atom. The lowest BCUT2D eigenvalue weighted by Crippen LogP contribution is -2.52. The van der Waals surface area contributed by atoms with Crippen LogP contribution in [0.25, 0.3) is 0 Å². The number of hydrogen-bond donors (Lipinski definition) is 0. The van der Waals surface area contributed by atoms with Crippen LogP contribution < -0.4 is 15.2 Å². The third-order valence-electron chi connectivity index (χ3n) is 6.16. The quantitative estimate of drug-likeness (QED) is 0.804. The average Bonchev–Trinajstić information content (AvgIpc) is 2.74. The van der Waals surface area contributed by atoms with Crippen LogP contribution in [0.5, 0.6) is 5.75 Å². The van der Waals surface area contributed by atoms with Crippen LogP contribution in [0.1, 0.15) is 50.3 Å². The Hall–Kier alpha value is -2.34. The standard InChI is InChI=1S/C22H30N4O2/c1-4-18-16(2)23-22-25(19-12-8-9-13-20(19)28-3)14-24(15-26(22)21(18)27)17-10-6-5-7-11-17/h8-9,12-13,17H,4-7,10-11,14-15H2,1-3H3. The molecule has 150 valence electrons. The molecule has 2 aromatic rings. The molecule has 2 heterocycles. The monoisotopic (exact) mass is 382 g/mol. The zero-order chi connectivity index (χ0) is 19.7. The SMILES string of the molecule is CCc1c(C)nc2n(c1=O)CN(C1CCCCC1)CN2c1ccccc1OC. The Balaban J connectivity index is 1.84. The smallest absolute Gasteiger partial charge is 0.259 e. The first-order chi connectivity index (χ1) is 13.6. The predicted molar refractivity (Wildman–Crippen MR) is 111 cm³/mol. The molecule has 1 aromatic heterocycles. The van der Waals surface area contributed by atoms with Crippen LogP contribution in [-0.2, 0) is 13.1 Å². The summed E-state index contributed by atoms with van der Waals surface area (Å²) in [5, 5.41) is 0. The molecule has 0 amide bonds. The van der Waals surface area contributed by atoms with E-state index in [0.717, 1.165) is 35.3 Å². The van der Waals surface area contributed by atoms with Crippen LogP contribution in [0.15, 0.2) is 29.1 Å². The van der Waals surface area contributed by atoms with Gasteiger partial charge in [-0.3, -0.25) is 19.2 Å². The van der Waals surface area contributed by atoms with Gasteiger partial charge < -0.3 is 4.74 Å².